The van der Waals surface area contributed by atoms with Crippen LogP contribution in [0.2, 0.25) is 0 Å². The number of aromatic amines is 1. The number of hydrogen-bond acceptors (Lipinski definition) is 5. The maximum absolute atomic E-state index is 13.3. The molecule has 0 unspecified atom stereocenters. The Morgan fingerprint density at radius 2 is 1.87 bits per heavy atom. The molecule has 3 heterocycles. The Kier molecular flexibility index (Phi) is 4.66. The lowest BCUT2D eigenvalue weighted by atomic mass is 10.1. The minimum absolute atomic E-state index is 0.269. The van der Waals surface area contributed by atoms with Crippen LogP contribution in [0.1, 0.15) is 18.2 Å². The molecule has 2 N–H and O–H groups in total. The van der Waals surface area contributed by atoms with Crippen LogP contribution in [0.5, 0.6) is 0 Å². The Morgan fingerprint density at radius 1 is 1.06 bits per heavy atom. The van der Waals surface area contributed by atoms with Gasteiger partial charge in [0.15, 0.2) is 11.6 Å². The van der Waals surface area contributed by atoms with Gasteiger partial charge in [0.25, 0.3) is 0 Å². The van der Waals surface area contributed by atoms with Gasteiger partial charge in [-0.1, -0.05) is 25.1 Å². The van der Waals surface area contributed by atoms with E-state index in [1.807, 2.05) is 48.9 Å². The van der Waals surface area contributed by atoms with E-state index in [9.17, 15) is 4.39 Å². The molecule has 8 heteroatoms. The van der Waals surface area contributed by atoms with E-state index in [2.05, 4.69) is 30.6 Å². The van der Waals surface area contributed by atoms with Crippen LogP contribution in [0.4, 0.5) is 16.0 Å². The number of nitrogens with one attached hydrogen (secondary N) is 2. The van der Waals surface area contributed by atoms with Crippen molar-refractivity contribution >= 4 is 22.5 Å². The highest BCUT2D eigenvalue weighted by molar-refractivity contribution is 5.83. The van der Waals surface area contributed by atoms with Gasteiger partial charge in [0, 0.05) is 22.6 Å². The van der Waals surface area contributed by atoms with Gasteiger partial charge in [0.2, 0.25) is 0 Å². The lowest BCUT2D eigenvalue weighted by Gasteiger charge is -2.08. The number of aromatic nitrogens is 6. The molecule has 3 aromatic heterocycles. The summed E-state index contributed by atoms with van der Waals surface area (Å²) in [4.78, 5) is 8.75. The number of para-hydroxylation sites is 1. The molecule has 0 saturated heterocycles. The SMILES string of the molecule is CCc1c(Nc2cc(-n3nc(C)c4ccccc43)ncn2)n[nH]c1-c1ccc(F)cc1. The molecule has 0 saturated carbocycles. The Balaban J connectivity index is 1.50. The molecule has 0 amide bonds. The fourth-order valence-corrected chi connectivity index (χ4v) is 3.72. The van der Waals surface area contributed by atoms with Crippen LogP contribution in [0, 0.1) is 12.7 Å². The van der Waals surface area contributed by atoms with Gasteiger partial charge in [-0.3, -0.25) is 5.10 Å². The normalized spacial score (nSPS) is 11.2. The zero-order valence-electron chi connectivity index (χ0n) is 17.1. The Labute approximate surface area is 178 Å². The van der Waals surface area contributed by atoms with Crippen molar-refractivity contribution < 1.29 is 4.39 Å². The largest absolute Gasteiger partial charge is 0.323 e. The number of rotatable bonds is 5. The first kappa shape index (κ1) is 18.9. The molecule has 0 aliphatic rings. The molecule has 0 aliphatic heterocycles. The predicted molar refractivity (Wildman–Crippen MR) is 118 cm³/mol. The third kappa shape index (κ3) is 3.42. The van der Waals surface area contributed by atoms with Crippen molar-refractivity contribution in [3.8, 4) is 17.1 Å². The van der Waals surface area contributed by atoms with Crippen molar-refractivity contribution in [1.82, 2.24) is 29.9 Å². The molecule has 0 spiro atoms. The highest BCUT2D eigenvalue weighted by Gasteiger charge is 2.15. The zero-order valence-corrected chi connectivity index (χ0v) is 17.1. The van der Waals surface area contributed by atoms with Gasteiger partial charge < -0.3 is 5.32 Å². The van der Waals surface area contributed by atoms with Gasteiger partial charge in [-0.15, -0.1) is 0 Å². The van der Waals surface area contributed by atoms with E-state index < -0.39 is 0 Å². The molecule has 0 aliphatic carbocycles. The van der Waals surface area contributed by atoms with Crippen molar-refractivity contribution in [2.45, 2.75) is 20.3 Å². The molecule has 0 fully saturated rings. The number of fused-ring (bicyclic) bond motifs is 1. The number of nitrogens with zero attached hydrogens (tertiary/aromatic N) is 5. The maximum atomic E-state index is 13.3. The molecule has 0 radical (unpaired) electrons. The lowest BCUT2D eigenvalue weighted by Crippen LogP contribution is -2.03. The minimum atomic E-state index is -0.269. The van der Waals surface area contributed by atoms with E-state index in [1.165, 1.54) is 18.5 Å². The van der Waals surface area contributed by atoms with Crippen LogP contribution in [-0.4, -0.2) is 29.9 Å². The van der Waals surface area contributed by atoms with Gasteiger partial charge in [-0.2, -0.15) is 10.2 Å². The lowest BCUT2D eigenvalue weighted by molar-refractivity contribution is 0.628. The molecular weight excluding hydrogens is 393 g/mol. The highest BCUT2D eigenvalue weighted by atomic mass is 19.1. The van der Waals surface area contributed by atoms with Crippen LogP contribution >= 0.6 is 0 Å². The third-order valence-corrected chi connectivity index (χ3v) is 5.24. The summed E-state index contributed by atoms with van der Waals surface area (Å²) in [6, 6.07) is 16.2. The van der Waals surface area contributed by atoms with Crippen molar-refractivity contribution in [3.05, 3.63) is 78.0 Å². The van der Waals surface area contributed by atoms with Gasteiger partial charge in [0.1, 0.15) is 18.0 Å². The number of anilines is 2. The second-order valence-electron chi connectivity index (χ2n) is 7.19. The van der Waals surface area contributed by atoms with Crippen molar-refractivity contribution in [2.75, 3.05) is 5.32 Å². The summed E-state index contributed by atoms with van der Waals surface area (Å²) in [7, 11) is 0. The Morgan fingerprint density at radius 3 is 2.68 bits per heavy atom. The average Bonchev–Trinajstić information content (AvgIpc) is 3.35. The number of hydrogen-bond donors (Lipinski definition) is 2. The van der Waals surface area contributed by atoms with E-state index in [1.54, 1.807) is 12.1 Å². The molecular formula is C23H20FN7. The number of aryl methyl sites for hydroxylation is 1. The molecule has 154 valence electrons. The average molecular weight is 413 g/mol. The molecule has 0 atom stereocenters. The van der Waals surface area contributed by atoms with Crippen molar-refractivity contribution in [2.24, 2.45) is 0 Å². The van der Waals surface area contributed by atoms with Crippen LogP contribution < -0.4 is 5.32 Å². The number of H-pyrrole nitrogens is 1. The second kappa shape index (κ2) is 7.64. The summed E-state index contributed by atoms with van der Waals surface area (Å²) < 4.78 is 15.1. The van der Waals surface area contributed by atoms with Crippen molar-refractivity contribution in [3.63, 3.8) is 0 Å². The van der Waals surface area contributed by atoms with E-state index in [-0.39, 0.29) is 5.82 Å². The summed E-state index contributed by atoms with van der Waals surface area (Å²) in [5, 5.41) is 16.5. The topological polar surface area (TPSA) is 84.3 Å². The van der Waals surface area contributed by atoms with E-state index in [0.29, 0.717) is 17.5 Å². The van der Waals surface area contributed by atoms with E-state index in [0.717, 1.165) is 39.8 Å². The maximum Gasteiger partial charge on any atom is 0.159 e. The van der Waals surface area contributed by atoms with Crippen LogP contribution in [-0.2, 0) is 6.42 Å². The smallest absolute Gasteiger partial charge is 0.159 e. The Bertz CT molecular complexity index is 1370. The van der Waals surface area contributed by atoms with Crippen LogP contribution in [0.15, 0.2) is 60.9 Å². The third-order valence-electron chi connectivity index (χ3n) is 5.24. The number of benzene rings is 2. The summed E-state index contributed by atoms with van der Waals surface area (Å²) in [5.41, 5.74) is 4.64. The summed E-state index contributed by atoms with van der Waals surface area (Å²) in [6.07, 6.45) is 2.25. The first-order valence-electron chi connectivity index (χ1n) is 10.0. The van der Waals surface area contributed by atoms with Crippen LogP contribution in [0.25, 0.3) is 28.0 Å². The second-order valence-corrected chi connectivity index (χ2v) is 7.19. The fraction of sp³-hybridized carbons (Fsp3) is 0.130. The molecule has 31 heavy (non-hydrogen) atoms. The minimum Gasteiger partial charge on any atom is -0.323 e. The number of halogens is 1. The quantitative estimate of drug-likeness (QED) is 0.425. The summed E-state index contributed by atoms with van der Waals surface area (Å²) in [5.74, 6) is 1.67. The molecule has 2 aromatic carbocycles. The highest BCUT2D eigenvalue weighted by Crippen LogP contribution is 2.29. The van der Waals surface area contributed by atoms with Gasteiger partial charge in [-0.25, -0.2) is 19.0 Å². The predicted octanol–water partition coefficient (Wildman–Crippen LogP) is 4.96. The molecule has 0 bridgehead atoms. The fourth-order valence-electron chi connectivity index (χ4n) is 3.72. The molecule has 5 rings (SSSR count). The standard InChI is InChI=1S/C23H20FN7/c1-3-17-22(15-8-10-16(24)11-9-15)28-29-23(17)27-20-12-21(26-13-25-20)31-19-7-5-4-6-18(19)14(2)30-31/h4-13H,3H2,1-2H3,(H2,25,26,27,28,29). The monoisotopic (exact) mass is 413 g/mol. The van der Waals surface area contributed by atoms with Crippen molar-refractivity contribution in [1.29, 1.82) is 0 Å². The zero-order chi connectivity index (χ0) is 21.4. The van der Waals surface area contributed by atoms with E-state index >= 15 is 0 Å². The van der Waals surface area contributed by atoms with Crippen LogP contribution in [0.3, 0.4) is 0 Å². The first-order chi connectivity index (χ1) is 15.1. The molecule has 7 nitrogen and oxygen atoms in total. The van der Waals surface area contributed by atoms with E-state index in [4.69, 9.17) is 0 Å². The van der Waals surface area contributed by atoms with Gasteiger partial charge in [-0.05, 0) is 43.7 Å². The van der Waals surface area contributed by atoms with Gasteiger partial charge >= 0.3 is 0 Å². The summed E-state index contributed by atoms with van der Waals surface area (Å²) >= 11 is 0. The Hall–Kier alpha value is -4.07. The first-order valence-corrected chi connectivity index (χ1v) is 10.0. The summed E-state index contributed by atoms with van der Waals surface area (Å²) in [6.45, 7) is 4.03. The molecule has 5 aromatic rings. The van der Waals surface area contributed by atoms with Gasteiger partial charge in [0.05, 0.1) is 16.9 Å².